The molecule has 0 aliphatic carbocycles. The molecule has 0 fully saturated rings. The number of ether oxygens (including phenoxy) is 1. The van der Waals surface area contributed by atoms with E-state index in [1.165, 1.54) is 18.7 Å². The first-order valence-electron chi connectivity index (χ1n) is 5.38. The minimum Gasteiger partial charge on any atom is -0.494 e. The summed E-state index contributed by atoms with van der Waals surface area (Å²) in [6.07, 6.45) is 1.96. The smallest absolute Gasteiger partial charge is 0.165 e. The number of likely N-dealkylation sites (N-methyl/N-ethyl adjacent to an activating group) is 1. The average molecular weight is 223 g/mol. The number of benzene rings is 1. The predicted molar refractivity (Wildman–Crippen MR) is 65.1 cm³/mol. The van der Waals surface area contributed by atoms with Crippen molar-refractivity contribution in [3.63, 3.8) is 0 Å². The third-order valence-corrected chi connectivity index (χ3v) is 2.24. The van der Waals surface area contributed by atoms with Gasteiger partial charge in [0.1, 0.15) is 0 Å². The molecule has 0 saturated carbocycles. The lowest BCUT2D eigenvalue weighted by molar-refractivity contribution is 0.386. The van der Waals surface area contributed by atoms with E-state index in [1.807, 2.05) is 19.1 Å². The molecule has 0 heterocycles. The maximum atomic E-state index is 13.4. The molecule has 0 spiro atoms. The van der Waals surface area contributed by atoms with Crippen molar-refractivity contribution in [3.05, 3.63) is 35.2 Å². The van der Waals surface area contributed by atoms with E-state index in [1.54, 1.807) is 6.07 Å². The predicted octanol–water partition coefficient (Wildman–Crippen LogP) is 2.85. The Morgan fingerprint density at radius 2 is 2.25 bits per heavy atom. The molecule has 0 radical (unpaired) electrons. The minimum absolute atomic E-state index is 0.279. The molecule has 0 unspecified atom stereocenters. The van der Waals surface area contributed by atoms with Crippen LogP contribution in [-0.4, -0.2) is 20.2 Å². The number of nitrogens with one attached hydrogen (secondary N) is 1. The summed E-state index contributed by atoms with van der Waals surface area (Å²) < 4.78 is 18.2. The Hall–Kier alpha value is -1.35. The lowest BCUT2D eigenvalue weighted by Crippen LogP contribution is -2.14. The van der Waals surface area contributed by atoms with Gasteiger partial charge in [-0.25, -0.2) is 4.39 Å². The van der Waals surface area contributed by atoms with E-state index in [9.17, 15) is 4.39 Å². The largest absolute Gasteiger partial charge is 0.494 e. The highest BCUT2D eigenvalue weighted by atomic mass is 19.1. The zero-order chi connectivity index (χ0) is 12.0. The van der Waals surface area contributed by atoms with Crippen molar-refractivity contribution >= 4 is 6.08 Å². The molecule has 1 aromatic carbocycles. The second kappa shape index (κ2) is 6.28. The molecule has 0 atom stereocenters. The maximum absolute atomic E-state index is 13.4. The molecule has 0 aliphatic rings. The number of rotatable bonds is 5. The van der Waals surface area contributed by atoms with Gasteiger partial charge >= 0.3 is 0 Å². The second-order valence-electron chi connectivity index (χ2n) is 3.67. The summed E-state index contributed by atoms with van der Waals surface area (Å²) in [4.78, 5) is 0. The summed E-state index contributed by atoms with van der Waals surface area (Å²) in [5.41, 5.74) is 2.03. The molecule has 88 valence electrons. The van der Waals surface area contributed by atoms with Crippen molar-refractivity contribution in [3.8, 4) is 5.75 Å². The van der Waals surface area contributed by atoms with Crippen molar-refractivity contribution < 1.29 is 9.13 Å². The summed E-state index contributed by atoms with van der Waals surface area (Å²) >= 11 is 0. The lowest BCUT2D eigenvalue weighted by Gasteiger charge is -2.04. The number of halogens is 1. The molecular formula is C13H18FNO. The Balaban J connectivity index is 2.77. The first-order chi connectivity index (χ1) is 7.67. The molecule has 0 bridgehead atoms. The van der Waals surface area contributed by atoms with E-state index < -0.39 is 0 Å². The summed E-state index contributed by atoms with van der Waals surface area (Å²) in [5, 5.41) is 3.22. The fraction of sp³-hybridized carbons (Fsp3) is 0.385. The van der Waals surface area contributed by atoms with E-state index in [4.69, 9.17) is 4.74 Å². The van der Waals surface area contributed by atoms with E-state index in [-0.39, 0.29) is 11.6 Å². The van der Waals surface area contributed by atoms with E-state index >= 15 is 0 Å². The van der Waals surface area contributed by atoms with Crippen molar-refractivity contribution in [1.29, 1.82) is 0 Å². The Morgan fingerprint density at radius 1 is 1.50 bits per heavy atom. The normalized spacial score (nSPS) is 11.6. The van der Waals surface area contributed by atoms with Crippen LogP contribution < -0.4 is 10.1 Å². The van der Waals surface area contributed by atoms with Crippen molar-refractivity contribution in [2.24, 2.45) is 0 Å². The molecule has 1 rings (SSSR count). The summed E-state index contributed by atoms with van der Waals surface area (Å²) in [6.45, 7) is 5.83. The van der Waals surface area contributed by atoms with Crippen LogP contribution in [0.15, 0.2) is 23.8 Å². The molecule has 1 aromatic rings. The molecule has 3 heteroatoms. The minimum atomic E-state index is -0.326. The Labute approximate surface area is 96.1 Å². The number of hydrogen-bond acceptors (Lipinski definition) is 2. The van der Waals surface area contributed by atoms with Gasteiger partial charge in [-0.3, -0.25) is 0 Å². The van der Waals surface area contributed by atoms with Gasteiger partial charge in [0.25, 0.3) is 0 Å². The molecular weight excluding hydrogens is 205 g/mol. The SMILES string of the molecule is CCNCC(C)=Cc1ccc(OC)c(F)c1. The standard InChI is InChI=1S/C13H18FNO/c1-4-15-9-10(2)7-11-5-6-13(16-3)12(14)8-11/h5-8,15H,4,9H2,1-3H3. The third kappa shape index (κ3) is 3.66. The monoisotopic (exact) mass is 223 g/mol. The van der Waals surface area contributed by atoms with Gasteiger partial charge in [-0.15, -0.1) is 0 Å². The van der Waals surface area contributed by atoms with Crippen molar-refractivity contribution in [2.75, 3.05) is 20.2 Å². The molecule has 0 saturated heterocycles. The second-order valence-corrected chi connectivity index (χ2v) is 3.67. The van der Waals surface area contributed by atoms with Crippen LogP contribution in [0.1, 0.15) is 19.4 Å². The molecule has 0 aromatic heterocycles. The van der Waals surface area contributed by atoms with Crippen LogP contribution in [0.25, 0.3) is 6.08 Å². The van der Waals surface area contributed by atoms with Crippen LogP contribution in [-0.2, 0) is 0 Å². The highest BCUT2D eigenvalue weighted by Crippen LogP contribution is 2.19. The van der Waals surface area contributed by atoms with E-state index in [0.29, 0.717) is 0 Å². The number of hydrogen-bond donors (Lipinski definition) is 1. The van der Waals surface area contributed by atoms with Crippen LogP contribution >= 0.6 is 0 Å². The van der Waals surface area contributed by atoms with Gasteiger partial charge in [0.2, 0.25) is 0 Å². The van der Waals surface area contributed by atoms with Crippen LogP contribution in [0, 0.1) is 5.82 Å². The number of methoxy groups -OCH3 is 1. The van der Waals surface area contributed by atoms with Crippen LogP contribution in [0.2, 0.25) is 0 Å². The topological polar surface area (TPSA) is 21.3 Å². The van der Waals surface area contributed by atoms with Crippen molar-refractivity contribution in [1.82, 2.24) is 5.32 Å². The molecule has 16 heavy (non-hydrogen) atoms. The van der Waals surface area contributed by atoms with Crippen molar-refractivity contribution in [2.45, 2.75) is 13.8 Å². The molecule has 0 amide bonds. The van der Waals surface area contributed by atoms with Crippen LogP contribution in [0.3, 0.4) is 0 Å². The average Bonchev–Trinajstić information content (AvgIpc) is 2.26. The fourth-order valence-corrected chi connectivity index (χ4v) is 1.43. The lowest BCUT2D eigenvalue weighted by atomic mass is 10.1. The quantitative estimate of drug-likeness (QED) is 0.828. The van der Waals surface area contributed by atoms with Gasteiger partial charge in [-0.1, -0.05) is 24.6 Å². The Bertz CT molecular complexity index is 374. The van der Waals surface area contributed by atoms with Gasteiger partial charge in [0, 0.05) is 6.54 Å². The summed E-state index contributed by atoms with van der Waals surface area (Å²) in [5.74, 6) is -0.0472. The third-order valence-electron chi connectivity index (χ3n) is 2.24. The van der Waals surface area contributed by atoms with Gasteiger partial charge in [0.15, 0.2) is 11.6 Å². The Kier molecular flexibility index (Phi) is 4.99. The first-order valence-corrected chi connectivity index (χ1v) is 5.38. The maximum Gasteiger partial charge on any atom is 0.165 e. The summed E-state index contributed by atoms with van der Waals surface area (Å²) in [7, 11) is 1.46. The Morgan fingerprint density at radius 3 is 2.81 bits per heavy atom. The van der Waals surface area contributed by atoms with Crippen LogP contribution in [0.4, 0.5) is 4.39 Å². The highest BCUT2D eigenvalue weighted by Gasteiger charge is 2.01. The molecule has 2 nitrogen and oxygen atoms in total. The van der Waals surface area contributed by atoms with E-state index in [0.717, 1.165) is 18.7 Å². The van der Waals surface area contributed by atoms with Gasteiger partial charge in [-0.05, 0) is 31.2 Å². The molecule has 1 N–H and O–H groups in total. The fourth-order valence-electron chi connectivity index (χ4n) is 1.43. The first kappa shape index (κ1) is 12.7. The zero-order valence-electron chi connectivity index (χ0n) is 10.0. The van der Waals surface area contributed by atoms with Gasteiger partial charge in [-0.2, -0.15) is 0 Å². The highest BCUT2D eigenvalue weighted by molar-refractivity contribution is 5.54. The summed E-state index contributed by atoms with van der Waals surface area (Å²) in [6, 6.07) is 4.97. The zero-order valence-corrected chi connectivity index (χ0v) is 10.0. The van der Waals surface area contributed by atoms with Gasteiger partial charge < -0.3 is 10.1 Å². The molecule has 0 aliphatic heterocycles. The van der Waals surface area contributed by atoms with Crippen LogP contribution in [0.5, 0.6) is 5.75 Å². The van der Waals surface area contributed by atoms with E-state index in [2.05, 4.69) is 12.2 Å². The van der Waals surface area contributed by atoms with Gasteiger partial charge in [0.05, 0.1) is 7.11 Å².